The van der Waals surface area contributed by atoms with E-state index < -0.39 is 35.3 Å². The van der Waals surface area contributed by atoms with Gasteiger partial charge < -0.3 is 40.1 Å². The molecule has 14 nitrogen and oxygen atoms in total. The van der Waals surface area contributed by atoms with E-state index in [1.54, 1.807) is 35.6 Å². The van der Waals surface area contributed by atoms with Crippen LogP contribution in [0.3, 0.4) is 0 Å². The van der Waals surface area contributed by atoms with Gasteiger partial charge in [-0.25, -0.2) is 14.8 Å². The van der Waals surface area contributed by atoms with Crippen LogP contribution in [0.2, 0.25) is 15.1 Å². The molecule has 8 rings (SSSR count). The Morgan fingerprint density at radius 3 is 1.66 bits per heavy atom. The second-order valence-corrected chi connectivity index (χ2v) is 23.0. The Bertz CT molecular complexity index is 3090. The van der Waals surface area contributed by atoms with E-state index in [0.717, 1.165) is 108 Å². The summed E-state index contributed by atoms with van der Waals surface area (Å²) in [4.78, 5) is 65.2. The summed E-state index contributed by atoms with van der Waals surface area (Å²) in [5.74, 6) is -1.58. The number of carbonyl (C=O) groups excluding carboxylic acids is 2. The molecule has 20 heteroatoms. The second kappa shape index (κ2) is 30.5. The van der Waals surface area contributed by atoms with Gasteiger partial charge in [0.25, 0.3) is 11.8 Å². The number of nitrogens with zero attached hydrogens (tertiary/aromatic N) is 4. The molecule has 3 aromatic carbocycles. The lowest BCUT2D eigenvalue weighted by Gasteiger charge is -2.33. The number of hydrogen-bond donors (Lipinski definition) is 4. The maximum Gasteiger partial charge on any atom is 0.329 e. The van der Waals surface area contributed by atoms with Crippen molar-refractivity contribution >= 4 is 94.7 Å². The van der Waals surface area contributed by atoms with Crippen LogP contribution in [0.25, 0.3) is 44.8 Å². The standard InChI is InChI=1S/C31H35Cl2N3O4.C29H34ClN3O4S.2ClH/c1-19-8-11-24(32)23(16-19)22-10-13-26(31(39)35-27(18-29(37)38)20-6-4-7-20)34-30(22)21-9-12-25(33)28(17-21)40-15-5-14-36(2)3;1-19-21(12-17-38-19)22-9-11-24(27(34)32-29(28(35)36)13-5-4-6-14-29)31-26(22)20-8-10-23(30)25(18-20)37-16-7-15-33(2)3;;/h8-13,16-17,20,27H,4-7,14-15,18H2,1-3H3,(H,35,39)(H,37,38);8-12,17-18H,4-7,13-16H2,1-3H3,(H,32,34)(H,35,36);2*1H. The Kier molecular flexibility index (Phi) is 24.9. The zero-order chi connectivity index (χ0) is 56.1. The number of amides is 2. The lowest BCUT2D eigenvalue weighted by Crippen LogP contribution is -2.55. The Balaban J connectivity index is 0.000000287. The van der Waals surface area contributed by atoms with E-state index in [-0.39, 0.29) is 48.5 Å². The molecule has 0 aliphatic heterocycles. The molecule has 0 spiro atoms. The number of aromatic nitrogens is 2. The van der Waals surface area contributed by atoms with Gasteiger partial charge in [-0.1, -0.05) is 84.2 Å². The third kappa shape index (κ3) is 17.3. The maximum atomic E-state index is 13.3. The predicted octanol–water partition coefficient (Wildman–Crippen LogP) is 13.9. The van der Waals surface area contributed by atoms with Gasteiger partial charge in [-0.2, -0.15) is 0 Å². The van der Waals surface area contributed by atoms with Crippen molar-refractivity contribution in [1.82, 2.24) is 30.4 Å². The summed E-state index contributed by atoms with van der Waals surface area (Å²) in [6, 6.07) is 25.3. The number of carboxylic acids is 2. The van der Waals surface area contributed by atoms with Crippen LogP contribution in [0.15, 0.2) is 90.3 Å². The van der Waals surface area contributed by atoms with Crippen molar-refractivity contribution in [1.29, 1.82) is 0 Å². The Morgan fingerprint density at radius 2 is 1.19 bits per heavy atom. The first-order chi connectivity index (χ1) is 37.3. The zero-order valence-electron chi connectivity index (χ0n) is 45.9. The highest BCUT2D eigenvalue weighted by molar-refractivity contribution is 7.10. The monoisotopic (exact) mass is 1210 g/mol. The molecule has 0 bridgehead atoms. The number of nitrogens with one attached hydrogen (secondary N) is 2. The average molecular weight is 1210 g/mol. The number of pyridine rings is 2. The van der Waals surface area contributed by atoms with E-state index >= 15 is 0 Å². The van der Waals surface area contributed by atoms with Crippen LogP contribution in [0.1, 0.15) is 102 Å². The third-order valence-corrected chi connectivity index (χ3v) is 15.9. The maximum absolute atomic E-state index is 13.3. The summed E-state index contributed by atoms with van der Waals surface area (Å²) < 4.78 is 12.0. The number of rotatable bonds is 22. The fourth-order valence-corrected chi connectivity index (χ4v) is 10.9. The second-order valence-electron chi connectivity index (χ2n) is 20.6. The highest BCUT2D eigenvalue weighted by Crippen LogP contribution is 2.41. The first kappa shape index (κ1) is 65.3. The van der Waals surface area contributed by atoms with Crippen molar-refractivity contribution in [2.24, 2.45) is 5.92 Å². The van der Waals surface area contributed by atoms with E-state index in [9.17, 15) is 29.4 Å². The predicted molar refractivity (Wildman–Crippen MR) is 326 cm³/mol. The average Bonchev–Trinajstić information content (AvgIpc) is 3.88. The largest absolute Gasteiger partial charge is 0.492 e. The number of aliphatic carboxylic acids is 2. The van der Waals surface area contributed by atoms with Crippen LogP contribution in [-0.2, 0) is 9.59 Å². The van der Waals surface area contributed by atoms with Gasteiger partial charge in [0, 0.05) is 56.8 Å². The molecule has 1 unspecified atom stereocenters. The number of carboxylic acid groups (broad SMARTS) is 2. The molecule has 2 fully saturated rings. The quantitative estimate of drug-likeness (QED) is 0.0473. The van der Waals surface area contributed by atoms with Gasteiger partial charge >= 0.3 is 11.9 Å². The minimum atomic E-state index is -1.26. The summed E-state index contributed by atoms with van der Waals surface area (Å²) in [7, 11) is 8.05. The van der Waals surface area contributed by atoms with Gasteiger partial charge in [-0.05, 0) is 164 Å². The van der Waals surface area contributed by atoms with Crippen molar-refractivity contribution in [3.8, 4) is 56.3 Å². The number of benzene rings is 3. The van der Waals surface area contributed by atoms with Crippen molar-refractivity contribution < 1.29 is 38.9 Å². The van der Waals surface area contributed by atoms with Crippen LogP contribution in [0.4, 0.5) is 0 Å². The lowest BCUT2D eigenvalue weighted by molar-refractivity contribution is -0.146. The molecular weight excluding hydrogens is 1140 g/mol. The van der Waals surface area contributed by atoms with Crippen LogP contribution in [0, 0.1) is 19.8 Å². The van der Waals surface area contributed by atoms with Crippen molar-refractivity contribution in [3.05, 3.63) is 127 Å². The van der Waals surface area contributed by atoms with E-state index in [1.165, 1.54) is 0 Å². The number of halogens is 5. The summed E-state index contributed by atoms with van der Waals surface area (Å²) >= 11 is 21.2. The minimum absolute atomic E-state index is 0. The van der Waals surface area contributed by atoms with Gasteiger partial charge in [-0.15, -0.1) is 36.2 Å². The smallest absolute Gasteiger partial charge is 0.329 e. The Labute approximate surface area is 500 Å². The van der Waals surface area contributed by atoms with E-state index in [1.807, 2.05) is 108 Å². The van der Waals surface area contributed by atoms with Gasteiger partial charge in [0.05, 0.1) is 41.1 Å². The van der Waals surface area contributed by atoms with Gasteiger partial charge in [0.1, 0.15) is 28.4 Å². The molecule has 2 saturated carbocycles. The molecule has 4 N–H and O–H groups in total. The van der Waals surface area contributed by atoms with Crippen LogP contribution < -0.4 is 20.1 Å². The molecule has 2 aliphatic carbocycles. The minimum Gasteiger partial charge on any atom is -0.492 e. The lowest BCUT2D eigenvalue weighted by atomic mass is 9.78. The van der Waals surface area contributed by atoms with E-state index in [0.29, 0.717) is 64.0 Å². The third-order valence-electron chi connectivity index (χ3n) is 14.1. The number of ether oxygens (including phenoxy) is 2. The normalized spacial score (nSPS) is 14.1. The fourth-order valence-electron chi connectivity index (χ4n) is 9.64. The molecular formula is C60H71Cl5N6O8S. The highest BCUT2D eigenvalue weighted by Gasteiger charge is 2.41. The molecule has 80 heavy (non-hydrogen) atoms. The molecule has 6 aromatic rings. The van der Waals surface area contributed by atoms with Crippen LogP contribution in [0.5, 0.6) is 11.5 Å². The summed E-state index contributed by atoms with van der Waals surface area (Å²) in [6.07, 6.45) is 7.76. The first-order valence-corrected chi connectivity index (χ1v) is 28.4. The molecule has 430 valence electrons. The Morgan fingerprint density at radius 1 is 0.662 bits per heavy atom. The SMILES string of the molecule is Cc1ccc(Cl)c(-c2ccc(C(=O)NC(CC(=O)O)C3CCC3)nc2-c2ccc(Cl)c(OCCCN(C)C)c2)c1.Cc1sccc1-c1ccc(C(=O)NC2(C(=O)O)CCCCC2)nc1-c1ccc(Cl)c(OCCCN(C)C)c1.Cl.Cl. The van der Waals surface area contributed by atoms with Crippen molar-refractivity contribution in [2.75, 3.05) is 54.5 Å². The Hall–Kier alpha value is -5.49. The highest BCUT2D eigenvalue weighted by atomic mass is 35.5. The topological polar surface area (TPSA) is 184 Å². The van der Waals surface area contributed by atoms with Gasteiger partial charge in [-0.3, -0.25) is 14.4 Å². The number of carbonyl (C=O) groups is 4. The fraction of sp³-hybridized carbons (Fsp3) is 0.400. The number of aryl methyl sites for hydroxylation is 2. The molecule has 2 aliphatic rings. The summed E-state index contributed by atoms with van der Waals surface area (Å²) in [5.41, 5.74) is 6.24. The molecule has 3 aromatic heterocycles. The molecule has 0 saturated heterocycles. The molecule has 0 radical (unpaired) electrons. The van der Waals surface area contributed by atoms with Gasteiger partial charge in [0.15, 0.2) is 0 Å². The molecule has 3 heterocycles. The number of thiophene rings is 1. The van der Waals surface area contributed by atoms with Crippen molar-refractivity contribution in [3.63, 3.8) is 0 Å². The summed E-state index contributed by atoms with van der Waals surface area (Å²) in [6.45, 7) is 6.83. The molecule has 2 amide bonds. The molecule has 1 atom stereocenters. The van der Waals surface area contributed by atoms with E-state index in [4.69, 9.17) is 54.2 Å². The van der Waals surface area contributed by atoms with E-state index in [2.05, 4.69) is 20.4 Å². The van der Waals surface area contributed by atoms with Crippen LogP contribution in [-0.4, -0.2) is 120 Å². The van der Waals surface area contributed by atoms with Crippen LogP contribution >= 0.6 is 71.0 Å². The van der Waals surface area contributed by atoms with Gasteiger partial charge in [0.2, 0.25) is 0 Å². The van der Waals surface area contributed by atoms with Crippen molar-refractivity contribution in [2.45, 2.75) is 96.1 Å². The number of hydrogen-bond acceptors (Lipinski definition) is 11. The first-order valence-electron chi connectivity index (χ1n) is 26.4. The zero-order valence-corrected chi connectivity index (χ0v) is 50.6. The summed E-state index contributed by atoms with van der Waals surface area (Å²) in [5, 5.41) is 28.6.